The van der Waals surface area contributed by atoms with Gasteiger partial charge in [0.15, 0.2) is 0 Å². The van der Waals surface area contributed by atoms with Gasteiger partial charge in [0.2, 0.25) is 11.8 Å². The zero-order valence-corrected chi connectivity index (χ0v) is 18.6. The number of thiophene rings is 1. The van der Waals surface area contributed by atoms with E-state index >= 15 is 0 Å². The number of amides is 2. The van der Waals surface area contributed by atoms with E-state index in [0.717, 1.165) is 31.2 Å². The molecule has 0 radical (unpaired) electrons. The van der Waals surface area contributed by atoms with Crippen LogP contribution in [0, 0.1) is 12.8 Å². The molecule has 1 saturated carbocycles. The second-order valence-electron chi connectivity index (χ2n) is 8.10. The summed E-state index contributed by atoms with van der Waals surface area (Å²) < 4.78 is 0. The van der Waals surface area contributed by atoms with Gasteiger partial charge in [0.05, 0.1) is 6.54 Å². The smallest absolute Gasteiger partial charge is 0.242 e. The highest BCUT2D eigenvalue weighted by atomic mass is 32.1. The van der Waals surface area contributed by atoms with Gasteiger partial charge < -0.3 is 9.80 Å². The van der Waals surface area contributed by atoms with Gasteiger partial charge in [-0.2, -0.15) is 0 Å². The van der Waals surface area contributed by atoms with Gasteiger partial charge in [-0.05, 0) is 50.8 Å². The molecule has 1 fully saturated rings. The summed E-state index contributed by atoms with van der Waals surface area (Å²) in [6.07, 6.45) is 3.90. The summed E-state index contributed by atoms with van der Waals surface area (Å²) in [5.41, 5.74) is 1.11. The van der Waals surface area contributed by atoms with E-state index in [0.29, 0.717) is 13.1 Å². The number of benzene rings is 1. The Bertz CT molecular complexity index is 813. The summed E-state index contributed by atoms with van der Waals surface area (Å²) >= 11 is 1.72. The molecule has 0 saturated heterocycles. The Morgan fingerprint density at radius 1 is 1.10 bits per heavy atom. The van der Waals surface area contributed by atoms with Gasteiger partial charge >= 0.3 is 0 Å². The predicted molar refractivity (Wildman–Crippen MR) is 119 cm³/mol. The highest BCUT2D eigenvalue weighted by molar-refractivity contribution is 7.11. The maximum Gasteiger partial charge on any atom is 0.242 e. The highest BCUT2D eigenvalue weighted by Gasteiger charge is 2.33. The average Bonchev–Trinajstić information content (AvgIpc) is 3.09. The molecule has 1 aromatic heterocycles. The van der Waals surface area contributed by atoms with Gasteiger partial charge in [0.1, 0.15) is 6.54 Å². The third-order valence-electron chi connectivity index (χ3n) is 5.88. The van der Waals surface area contributed by atoms with Crippen molar-refractivity contribution in [3.8, 4) is 0 Å². The Labute approximate surface area is 178 Å². The minimum atomic E-state index is 0.0212. The van der Waals surface area contributed by atoms with Crippen LogP contribution in [0.2, 0.25) is 0 Å². The van der Waals surface area contributed by atoms with Crippen molar-refractivity contribution in [2.24, 2.45) is 5.92 Å². The van der Waals surface area contributed by atoms with E-state index in [2.05, 4.69) is 26.0 Å². The van der Waals surface area contributed by atoms with Gasteiger partial charge in [-0.15, -0.1) is 11.3 Å². The number of hydrogen-bond acceptors (Lipinski definition) is 3. The summed E-state index contributed by atoms with van der Waals surface area (Å²) in [5.74, 6) is 0.290. The zero-order valence-electron chi connectivity index (χ0n) is 17.8. The third kappa shape index (κ3) is 5.69. The topological polar surface area (TPSA) is 40.6 Å². The lowest BCUT2D eigenvalue weighted by Gasteiger charge is -2.36. The number of rotatable bonds is 9. The Balaban J connectivity index is 1.76. The number of aryl methyl sites for hydroxylation is 1. The number of carbonyl (C=O) groups excluding carboxylic acids is 2. The lowest BCUT2D eigenvalue weighted by atomic mass is 9.84. The molecular formula is C24H32N2O2S. The fraction of sp³-hybridized carbons (Fsp3) is 0.500. The molecule has 4 nitrogen and oxygen atoms in total. The molecule has 0 spiro atoms. The number of carbonyl (C=O) groups is 2. The Kier molecular flexibility index (Phi) is 7.48. The van der Waals surface area contributed by atoms with Crippen LogP contribution in [-0.4, -0.2) is 34.2 Å². The average molecular weight is 413 g/mol. The maximum absolute atomic E-state index is 13.4. The zero-order chi connectivity index (χ0) is 20.8. The molecule has 1 aliphatic carbocycles. The fourth-order valence-corrected chi connectivity index (χ4v) is 4.51. The van der Waals surface area contributed by atoms with Crippen molar-refractivity contribution < 1.29 is 9.59 Å². The van der Waals surface area contributed by atoms with Gasteiger partial charge in [-0.3, -0.25) is 9.59 Å². The first-order valence-electron chi connectivity index (χ1n) is 10.7. The lowest BCUT2D eigenvalue weighted by Crippen LogP contribution is -2.49. The van der Waals surface area contributed by atoms with E-state index in [4.69, 9.17) is 0 Å². The molecule has 2 aromatic rings. The van der Waals surface area contributed by atoms with Gasteiger partial charge in [0.25, 0.3) is 0 Å². The number of hydrogen-bond donors (Lipinski definition) is 0. The Morgan fingerprint density at radius 3 is 2.38 bits per heavy atom. The van der Waals surface area contributed by atoms with Crippen LogP contribution in [0.5, 0.6) is 0 Å². The van der Waals surface area contributed by atoms with E-state index < -0.39 is 0 Å². The lowest BCUT2D eigenvalue weighted by molar-refractivity contribution is -0.147. The van der Waals surface area contributed by atoms with E-state index in [9.17, 15) is 9.59 Å². The summed E-state index contributed by atoms with van der Waals surface area (Å²) in [7, 11) is 0. The molecule has 0 bridgehead atoms. The molecule has 1 heterocycles. The van der Waals surface area contributed by atoms with Crippen molar-refractivity contribution in [3.63, 3.8) is 0 Å². The molecule has 5 heteroatoms. The molecule has 1 aromatic carbocycles. The minimum Gasteiger partial charge on any atom is -0.332 e. The Morgan fingerprint density at radius 2 is 1.83 bits per heavy atom. The second kappa shape index (κ2) is 10.1. The van der Waals surface area contributed by atoms with Crippen LogP contribution in [0.25, 0.3) is 0 Å². The van der Waals surface area contributed by atoms with Crippen LogP contribution in [-0.2, 0) is 22.7 Å². The first-order valence-corrected chi connectivity index (χ1v) is 11.5. The van der Waals surface area contributed by atoms with Crippen molar-refractivity contribution in [1.29, 1.82) is 0 Å². The Hall–Kier alpha value is -2.14. The molecular weight excluding hydrogens is 380 g/mol. The monoisotopic (exact) mass is 412 g/mol. The van der Waals surface area contributed by atoms with Crippen LogP contribution in [0.1, 0.15) is 54.8 Å². The molecule has 0 aliphatic heterocycles. The first-order chi connectivity index (χ1) is 14.0. The predicted octanol–water partition coefficient (Wildman–Crippen LogP) is 5.01. The van der Waals surface area contributed by atoms with E-state index in [1.54, 1.807) is 11.3 Å². The number of nitrogens with zero attached hydrogens (tertiary/aromatic N) is 2. The third-order valence-corrected chi connectivity index (χ3v) is 6.86. The van der Waals surface area contributed by atoms with Gasteiger partial charge in [-0.25, -0.2) is 0 Å². The van der Waals surface area contributed by atoms with Crippen molar-refractivity contribution in [2.75, 3.05) is 6.54 Å². The van der Waals surface area contributed by atoms with E-state index in [-0.39, 0.29) is 30.3 Å². The minimum absolute atomic E-state index is 0.0212. The molecule has 1 aliphatic rings. The molecule has 156 valence electrons. The van der Waals surface area contributed by atoms with Crippen molar-refractivity contribution in [2.45, 2.75) is 65.6 Å². The molecule has 3 rings (SSSR count). The summed E-state index contributed by atoms with van der Waals surface area (Å²) in [6, 6.07) is 14.3. The van der Waals surface area contributed by atoms with Crippen LogP contribution in [0.15, 0.2) is 42.5 Å². The summed E-state index contributed by atoms with van der Waals surface area (Å²) in [6.45, 7) is 7.52. The molecule has 2 amide bonds. The van der Waals surface area contributed by atoms with E-state index in [1.807, 2.05) is 47.1 Å². The molecule has 0 N–H and O–H groups in total. The normalized spacial score (nSPS) is 14.9. The highest BCUT2D eigenvalue weighted by Crippen LogP contribution is 2.29. The van der Waals surface area contributed by atoms with E-state index in [1.165, 1.54) is 9.75 Å². The second-order valence-corrected chi connectivity index (χ2v) is 9.47. The van der Waals surface area contributed by atoms with Crippen molar-refractivity contribution >= 4 is 23.2 Å². The summed E-state index contributed by atoms with van der Waals surface area (Å²) in [5, 5.41) is 0. The standard InChI is InChI=1S/C24H32N2O2S/c1-4-18(2)26(24(28)21-11-8-12-21)17-23(27)25(15-20-9-6-5-7-10-20)16-22-14-13-19(3)29-22/h5-7,9-10,13-14,18,21H,4,8,11-12,15-17H2,1-3H3/t18-/m0/s1. The SMILES string of the molecule is CC[C@H](C)N(CC(=O)N(Cc1ccccc1)Cc1ccc(C)s1)C(=O)C1CCC1. The molecule has 29 heavy (non-hydrogen) atoms. The molecule has 0 unspecified atom stereocenters. The van der Waals surface area contributed by atoms with Crippen LogP contribution in [0.3, 0.4) is 0 Å². The maximum atomic E-state index is 13.4. The fourth-order valence-electron chi connectivity index (χ4n) is 3.60. The van der Waals surface area contributed by atoms with Crippen LogP contribution >= 0.6 is 11.3 Å². The summed E-state index contributed by atoms with van der Waals surface area (Å²) in [4.78, 5) is 32.5. The van der Waals surface area contributed by atoms with Crippen LogP contribution in [0.4, 0.5) is 0 Å². The van der Waals surface area contributed by atoms with Crippen molar-refractivity contribution in [1.82, 2.24) is 9.80 Å². The first kappa shape index (κ1) is 21.6. The molecule has 1 atom stereocenters. The van der Waals surface area contributed by atoms with Gasteiger partial charge in [0, 0.05) is 28.3 Å². The van der Waals surface area contributed by atoms with Gasteiger partial charge in [-0.1, -0.05) is 43.7 Å². The van der Waals surface area contributed by atoms with Crippen molar-refractivity contribution in [3.05, 3.63) is 57.8 Å². The quantitative estimate of drug-likeness (QED) is 0.581. The van der Waals surface area contributed by atoms with Crippen LogP contribution < -0.4 is 0 Å². The largest absolute Gasteiger partial charge is 0.332 e.